The summed E-state index contributed by atoms with van der Waals surface area (Å²) in [5.41, 5.74) is 0.704. The third kappa shape index (κ3) is 6.91. The van der Waals surface area contributed by atoms with Crippen molar-refractivity contribution in [1.82, 2.24) is 10.2 Å². The summed E-state index contributed by atoms with van der Waals surface area (Å²) in [4.78, 5) is 27.1. The fraction of sp³-hybridized carbons (Fsp3) is 0.333. The van der Waals surface area contributed by atoms with Crippen LogP contribution in [0, 0.1) is 0 Å². The largest absolute Gasteiger partial charge is 0.484 e. The SMILES string of the molecule is CCNC(=O)C(CC)N(Cc1ccc(Cl)cc1Cl)C(=O)COc1ccc(Br)cc1. The Hall–Kier alpha value is -1.76. The number of hydrogen-bond acceptors (Lipinski definition) is 3. The molecule has 0 aromatic heterocycles. The zero-order chi connectivity index (χ0) is 21.4. The Kier molecular flexibility index (Phi) is 9.27. The molecule has 1 N–H and O–H groups in total. The van der Waals surface area contributed by atoms with Crippen molar-refractivity contribution in [3.63, 3.8) is 0 Å². The number of likely N-dealkylation sites (N-methyl/N-ethyl adjacent to an activating group) is 1. The van der Waals surface area contributed by atoms with Gasteiger partial charge in [-0.3, -0.25) is 9.59 Å². The molecule has 5 nitrogen and oxygen atoms in total. The highest BCUT2D eigenvalue weighted by Crippen LogP contribution is 2.24. The van der Waals surface area contributed by atoms with E-state index in [4.69, 9.17) is 27.9 Å². The molecule has 1 unspecified atom stereocenters. The van der Waals surface area contributed by atoms with Gasteiger partial charge in [0, 0.05) is 27.6 Å². The van der Waals surface area contributed by atoms with E-state index in [0.29, 0.717) is 34.3 Å². The summed E-state index contributed by atoms with van der Waals surface area (Å²) >= 11 is 15.6. The number of carbonyl (C=O) groups excluding carboxylic acids is 2. The topological polar surface area (TPSA) is 58.6 Å². The van der Waals surface area contributed by atoms with Crippen LogP contribution >= 0.6 is 39.1 Å². The lowest BCUT2D eigenvalue weighted by atomic mass is 10.1. The van der Waals surface area contributed by atoms with Gasteiger partial charge >= 0.3 is 0 Å². The fourth-order valence-corrected chi connectivity index (χ4v) is 3.54. The lowest BCUT2D eigenvalue weighted by molar-refractivity contribution is -0.142. The van der Waals surface area contributed by atoms with Crippen molar-refractivity contribution in [3.8, 4) is 5.75 Å². The number of halogens is 3. The molecule has 0 aliphatic rings. The third-order valence-corrected chi connectivity index (χ3v) is 5.38. The van der Waals surface area contributed by atoms with E-state index < -0.39 is 6.04 Å². The van der Waals surface area contributed by atoms with E-state index in [0.717, 1.165) is 4.47 Å². The molecular weight excluding hydrogens is 479 g/mol. The summed E-state index contributed by atoms with van der Waals surface area (Å²) in [5.74, 6) is 0.0474. The Labute approximate surface area is 189 Å². The molecule has 1 atom stereocenters. The molecule has 0 saturated carbocycles. The first kappa shape index (κ1) is 23.5. The summed E-state index contributed by atoms with van der Waals surface area (Å²) in [5, 5.41) is 3.73. The first-order valence-electron chi connectivity index (χ1n) is 9.25. The third-order valence-electron chi connectivity index (χ3n) is 4.27. The van der Waals surface area contributed by atoms with Crippen LogP contribution in [-0.4, -0.2) is 35.9 Å². The molecule has 0 aliphatic heterocycles. The zero-order valence-electron chi connectivity index (χ0n) is 16.3. The van der Waals surface area contributed by atoms with Crippen LogP contribution in [-0.2, 0) is 16.1 Å². The van der Waals surface area contributed by atoms with E-state index in [1.54, 1.807) is 30.3 Å². The molecule has 2 aromatic carbocycles. The number of amides is 2. The van der Waals surface area contributed by atoms with E-state index in [1.165, 1.54) is 4.90 Å². The fourth-order valence-electron chi connectivity index (χ4n) is 2.80. The second-order valence-corrected chi connectivity index (χ2v) is 8.08. The predicted molar refractivity (Wildman–Crippen MR) is 119 cm³/mol. The minimum absolute atomic E-state index is 0.175. The second kappa shape index (κ2) is 11.4. The average Bonchev–Trinajstić information content (AvgIpc) is 2.69. The molecule has 156 valence electrons. The van der Waals surface area contributed by atoms with Crippen LogP contribution in [0.1, 0.15) is 25.8 Å². The normalized spacial score (nSPS) is 11.6. The first-order chi connectivity index (χ1) is 13.8. The van der Waals surface area contributed by atoms with Crippen LogP contribution < -0.4 is 10.1 Å². The predicted octanol–water partition coefficient (Wildman–Crippen LogP) is 5.08. The van der Waals surface area contributed by atoms with Gasteiger partial charge in [0.2, 0.25) is 5.91 Å². The summed E-state index contributed by atoms with van der Waals surface area (Å²) in [6.45, 7) is 4.16. The molecule has 2 rings (SSSR count). The van der Waals surface area contributed by atoms with Gasteiger partial charge in [-0.25, -0.2) is 0 Å². The van der Waals surface area contributed by atoms with Crippen LogP contribution in [0.2, 0.25) is 10.0 Å². The van der Waals surface area contributed by atoms with Crippen molar-refractivity contribution in [2.24, 2.45) is 0 Å². The van der Waals surface area contributed by atoms with Crippen molar-refractivity contribution in [3.05, 3.63) is 62.5 Å². The Morgan fingerprint density at radius 1 is 1.14 bits per heavy atom. The minimum atomic E-state index is -0.636. The van der Waals surface area contributed by atoms with Gasteiger partial charge < -0.3 is 15.0 Å². The summed E-state index contributed by atoms with van der Waals surface area (Å²) < 4.78 is 6.54. The number of nitrogens with zero attached hydrogens (tertiary/aromatic N) is 1. The van der Waals surface area contributed by atoms with Gasteiger partial charge in [0.15, 0.2) is 6.61 Å². The van der Waals surface area contributed by atoms with E-state index >= 15 is 0 Å². The van der Waals surface area contributed by atoms with Gasteiger partial charge in [-0.2, -0.15) is 0 Å². The Bertz CT molecular complexity index is 846. The van der Waals surface area contributed by atoms with Crippen LogP contribution in [0.25, 0.3) is 0 Å². The lowest BCUT2D eigenvalue weighted by Crippen LogP contribution is -2.50. The van der Waals surface area contributed by atoms with Crippen LogP contribution in [0.5, 0.6) is 5.75 Å². The number of benzene rings is 2. The van der Waals surface area contributed by atoms with Gasteiger partial charge in [-0.1, -0.05) is 52.1 Å². The molecule has 0 heterocycles. The van der Waals surface area contributed by atoms with Crippen molar-refractivity contribution < 1.29 is 14.3 Å². The molecule has 8 heteroatoms. The standard InChI is InChI=1S/C21H23BrCl2N2O3/c1-3-19(21(28)25-4-2)26(12-14-5-8-16(23)11-18(14)24)20(27)13-29-17-9-6-15(22)7-10-17/h5-11,19H,3-4,12-13H2,1-2H3,(H,25,28). The van der Waals surface area contributed by atoms with Gasteiger partial charge in [0.25, 0.3) is 5.91 Å². The highest BCUT2D eigenvalue weighted by atomic mass is 79.9. The van der Waals surface area contributed by atoms with Gasteiger partial charge in [0.1, 0.15) is 11.8 Å². The number of ether oxygens (including phenoxy) is 1. The molecule has 0 spiro atoms. The lowest BCUT2D eigenvalue weighted by Gasteiger charge is -2.30. The molecular formula is C21H23BrCl2N2O3. The maximum atomic E-state index is 13.0. The van der Waals surface area contributed by atoms with Crippen molar-refractivity contribution in [2.75, 3.05) is 13.2 Å². The minimum Gasteiger partial charge on any atom is -0.484 e. The Morgan fingerprint density at radius 3 is 2.41 bits per heavy atom. The molecule has 2 amide bonds. The maximum absolute atomic E-state index is 13.0. The smallest absolute Gasteiger partial charge is 0.261 e. The van der Waals surface area contributed by atoms with E-state index in [-0.39, 0.29) is 25.0 Å². The average molecular weight is 502 g/mol. The second-order valence-electron chi connectivity index (χ2n) is 6.32. The van der Waals surface area contributed by atoms with Gasteiger partial charge in [-0.05, 0) is 55.3 Å². The Balaban J connectivity index is 2.22. The molecule has 0 saturated heterocycles. The van der Waals surface area contributed by atoms with E-state index in [9.17, 15) is 9.59 Å². The highest BCUT2D eigenvalue weighted by Gasteiger charge is 2.29. The summed E-state index contributed by atoms with van der Waals surface area (Å²) in [6.07, 6.45) is 0.459. The molecule has 0 bridgehead atoms. The number of hydrogen-bond donors (Lipinski definition) is 1. The summed E-state index contributed by atoms with van der Waals surface area (Å²) in [7, 11) is 0. The van der Waals surface area contributed by atoms with E-state index in [1.807, 2.05) is 26.0 Å². The first-order valence-corrected chi connectivity index (χ1v) is 10.8. The molecule has 29 heavy (non-hydrogen) atoms. The van der Waals surface area contributed by atoms with Crippen molar-refractivity contribution in [1.29, 1.82) is 0 Å². The quantitative estimate of drug-likeness (QED) is 0.521. The molecule has 0 radical (unpaired) electrons. The highest BCUT2D eigenvalue weighted by molar-refractivity contribution is 9.10. The summed E-state index contributed by atoms with van der Waals surface area (Å²) in [6, 6.07) is 11.6. The molecule has 0 fully saturated rings. The zero-order valence-corrected chi connectivity index (χ0v) is 19.4. The number of carbonyl (C=O) groups is 2. The maximum Gasteiger partial charge on any atom is 0.261 e. The van der Waals surface area contributed by atoms with Crippen LogP contribution in [0.4, 0.5) is 0 Å². The van der Waals surface area contributed by atoms with Gasteiger partial charge in [-0.15, -0.1) is 0 Å². The molecule has 0 aliphatic carbocycles. The molecule has 2 aromatic rings. The van der Waals surface area contributed by atoms with E-state index in [2.05, 4.69) is 21.2 Å². The number of rotatable bonds is 9. The monoisotopic (exact) mass is 500 g/mol. The Morgan fingerprint density at radius 2 is 1.83 bits per heavy atom. The van der Waals surface area contributed by atoms with Crippen LogP contribution in [0.3, 0.4) is 0 Å². The van der Waals surface area contributed by atoms with Crippen molar-refractivity contribution >= 4 is 50.9 Å². The van der Waals surface area contributed by atoms with Crippen molar-refractivity contribution in [2.45, 2.75) is 32.9 Å². The van der Waals surface area contributed by atoms with Crippen LogP contribution in [0.15, 0.2) is 46.9 Å². The number of nitrogens with one attached hydrogen (secondary N) is 1. The van der Waals surface area contributed by atoms with Gasteiger partial charge in [0.05, 0.1) is 0 Å².